The Morgan fingerprint density at radius 2 is 0.875 bits per heavy atom. The molecule has 4 aliphatic rings. The molecule has 0 aliphatic carbocycles. The molecular weight excluding hydrogens is 632 g/mol. The van der Waals surface area contributed by atoms with Crippen LogP contribution in [0.2, 0.25) is 0 Å². The van der Waals surface area contributed by atoms with Gasteiger partial charge in [0.05, 0.1) is 26.2 Å². The second kappa shape index (κ2) is 13.1. The number of rotatable bonds is 2. The number of amides is 4. The first kappa shape index (κ1) is 38.5. The molecule has 0 aromatic heterocycles. The van der Waals surface area contributed by atoms with Crippen LogP contribution in [0.5, 0.6) is 0 Å². The van der Waals surface area contributed by atoms with E-state index in [0.29, 0.717) is 0 Å². The topological polar surface area (TPSA) is 188 Å². The number of carbonyl (C=O) groups is 6. The summed E-state index contributed by atoms with van der Waals surface area (Å²) in [6.07, 6.45) is -2.00. The van der Waals surface area contributed by atoms with Gasteiger partial charge in [0.15, 0.2) is 11.2 Å². The lowest BCUT2D eigenvalue weighted by atomic mass is 10.0. The number of nitrogens with zero attached hydrogens (tertiary/aromatic N) is 2. The van der Waals surface area contributed by atoms with Gasteiger partial charge in [-0.05, 0) is 83.1 Å². The summed E-state index contributed by atoms with van der Waals surface area (Å²) in [5.74, 6) is -1.07. The van der Waals surface area contributed by atoms with Crippen molar-refractivity contribution >= 4 is 36.3 Å². The molecule has 4 heterocycles. The number of carbonyl (C=O) groups excluding carboxylic acids is 6. The van der Waals surface area contributed by atoms with Gasteiger partial charge in [0.1, 0.15) is 34.5 Å². The summed E-state index contributed by atoms with van der Waals surface area (Å²) in [5, 5.41) is 5.15. The van der Waals surface area contributed by atoms with Crippen LogP contribution >= 0.6 is 0 Å². The van der Waals surface area contributed by atoms with Gasteiger partial charge in [-0.2, -0.15) is 0 Å². The molecule has 4 saturated heterocycles. The van der Waals surface area contributed by atoms with Gasteiger partial charge in [-0.3, -0.25) is 9.80 Å². The molecule has 4 amide bonds. The van der Waals surface area contributed by atoms with Crippen LogP contribution in [0, 0.1) is 0 Å². The first-order chi connectivity index (χ1) is 21.6. The summed E-state index contributed by atoms with van der Waals surface area (Å²) in [5.41, 5.74) is -4.61. The highest BCUT2D eigenvalue weighted by molar-refractivity contribution is 5.84. The van der Waals surface area contributed by atoms with Crippen molar-refractivity contribution in [2.45, 2.75) is 142 Å². The quantitative estimate of drug-likeness (QED) is 0.318. The fourth-order valence-corrected chi connectivity index (χ4v) is 5.49. The third-order valence-corrected chi connectivity index (χ3v) is 7.14. The van der Waals surface area contributed by atoms with Crippen LogP contribution in [0.4, 0.5) is 19.2 Å². The summed E-state index contributed by atoms with van der Waals surface area (Å²) >= 11 is 0. The molecule has 2 unspecified atom stereocenters. The van der Waals surface area contributed by atoms with E-state index in [-0.39, 0.29) is 39.0 Å². The predicted octanol–water partition coefficient (Wildman–Crippen LogP) is 3.63. The summed E-state index contributed by atoms with van der Waals surface area (Å²) < 4.78 is 32.2. The maximum atomic E-state index is 12.5. The molecule has 16 heteroatoms. The Balaban J connectivity index is 0.000000260. The van der Waals surface area contributed by atoms with Crippen molar-refractivity contribution in [3.63, 3.8) is 0 Å². The minimum atomic E-state index is -0.921. The number of ether oxygens (including phenoxy) is 6. The van der Waals surface area contributed by atoms with Crippen LogP contribution in [-0.4, -0.2) is 118 Å². The zero-order chi connectivity index (χ0) is 36.7. The van der Waals surface area contributed by atoms with Crippen molar-refractivity contribution in [3.8, 4) is 0 Å². The predicted molar refractivity (Wildman–Crippen MR) is 169 cm³/mol. The van der Waals surface area contributed by atoms with E-state index in [1.807, 2.05) is 0 Å². The Labute approximate surface area is 281 Å². The smallest absolute Gasteiger partial charge is 0.411 e. The number of hydrogen-bond donors (Lipinski definition) is 2. The molecule has 0 aromatic rings. The van der Waals surface area contributed by atoms with Gasteiger partial charge in [0.25, 0.3) is 0 Å². The highest BCUT2D eigenvalue weighted by Crippen LogP contribution is 2.36. The van der Waals surface area contributed by atoms with Gasteiger partial charge in [-0.15, -0.1) is 0 Å². The summed E-state index contributed by atoms with van der Waals surface area (Å²) in [7, 11) is 0. The molecule has 272 valence electrons. The van der Waals surface area contributed by atoms with E-state index in [4.69, 9.17) is 28.4 Å². The van der Waals surface area contributed by atoms with Crippen LogP contribution < -0.4 is 10.6 Å². The van der Waals surface area contributed by atoms with Crippen molar-refractivity contribution in [1.29, 1.82) is 0 Å². The average Bonchev–Trinajstić information content (AvgIpc) is 3.62. The zero-order valence-electron chi connectivity index (χ0n) is 30.2. The SMILES string of the molecule is CC(C)(C)OC(=O)[C@@H]1CC2(CNC(=O)O2)CN1C(=O)OC(C)(C)C.CC(C)(C)OC(=O)[C@@H]1CC2(CNC(=O)O2)CN1C(=O)OC(C)(C)C. The Hall–Kier alpha value is -3.98. The third kappa shape index (κ3) is 10.5. The van der Waals surface area contributed by atoms with Gasteiger partial charge < -0.3 is 39.1 Å². The number of nitrogens with one attached hydrogen (secondary N) is 2. The van der Waals surface area contributed by atoms with Crippen molar-refractivity contribution in [2.75, 3.05) is 26.2 Å². The first-order valence-electron chi connectivity index (χ1n) is 16.0. The fraction of sp³-hybridized carbons (Fsp3) is 0.812. The van der Waals surface area contributed by atoms with Crippen molar-refractivity contribution in [1.82, 2.24) is 20.4 Å². The molecule has 2 N–H and O–H groups in total. The van der Waals surface area contributed by atoms with E-state index >= 15 is 0 Å². The zero-order valence-corrected chi connectivity index (χ0v) is 30.2. The van der Waals surface area contributed by atoms with Crippen LogP contribution in [0.25, 0.3) is 0 Å². The number of hydrogen-bond acceptors (Lipinski definition) is 12. The van der Waals surface area contributed by atoms with Gasteiger partial charge >= 0.3 is 36.3 Å². The normalized spacial score (nSPS) is 27.0. The molecule has 0 radical (unpaired) electrons. The molecule has 0 saturated carbocycles. The summed E-state index contributed by atoms with van der Waals surface area (Å²) in [6, 6.07) is -1.71. The highest BCUT2D eigenvalue weighted by Gasteiger charge is 2.57. The minimum Gasteiger partial charge on any atom is -0.458 e. The van der Waals surface area contributed by atoms with E-state index in [1.54, 1.807) is 83.1 Å². The number of likely N-dealkylation sites (tertiary alicyclic amines) is 2. The lowest BCUT2D eigenvalue weighted by Crippen LogP contribution is -2.46. The molecule has 4 atom stereocenters. The molecule has 2 spiro atoms. The van der Waals surface area contributed by atoms with Crippen LogP contribution in [0.3, 0.4) is 0 Å². The summed E-state index contributed by atoms with van der Waals surface area (Å²) in [6.45, 7) is 21.7. The molecule has 0 aromatic carbocycles. The Morgan fingerprint density at radius 3 is 1.10 bits per heavy atom. The van der Waals surface area contributed by atoms with E-state index in [2.05, 4.69) is 10.6 Å². The standard InChI is InChI=1S/2C16H26N2O6/c2*1-14(2,3)22-11(19)10-7-16(8-17-12(20)23-16)9-18(10)13(21)24-15(4,5)6/h2*10H,7-9H2,1-6H3,(H,17,20)/t2*10-,16?/m00/s1. The maximum Gasteiger partial charge on any atom is 0.411 e. The Bertz CT molecular complexity index is 1120. The van der Waals surface area contributed by atoms with E-state index in [1.165, 1.54) is 9.80 Å². The van der Waals surface area contributed by atoms with Crippen LogP contribution in [0.1, 0.15) is 95.9 Å². The van der Waals surface area contributed by atoms with Gasteiger partial charge in [0, 0.05) is 12.8 Å². The van der Waals surface area contributed by atoms with Crippen molar-refractivity contribution < 1.29 is 57.2 Å². The van der Waals surface area contributed by atoms with Crippen molar-refractivity contribution in [3.05, 3.63) is 0 Å². The second-order valence-electron chi connectivity index (χ2n) is 16.6. The van der Waals surface area contributed by atoms with Gasteiger partial charge in [-0.25, -0.2) is 28.8 Å². The molecule has 4 rings (SSSR count). The van der Waals surface area contributed by atoms with Crippen molar-refractivity contribution in [2.24, 2.45) is 0 Å². The lowest BCUT2D eigenvalue weighted by Gasteiger charge is -2.29. The molecule has 16 nitrogen and oxygen atoms in total. The molecule has 0 bridgehead atoms. The van der Waals surface area contributed by atoms with E-state index in [0.717, 1.165) is 0 Å². The lowest BCUT2D eigenvalue weighted by molar-refractivity contribution is -0.161. The molecule has 48 heavy (non-hydrogen) atoms. The van der Waals surface area contributed by atoms with Crippen LogP contribution in [0.15, 0.2) is 0 Å². The van der Waals surface area contributed by atoms with E-state index < -0.39 is 82.0 Å². The van der Waals surface area contributed by atoms with Crippen LogP contribution in [-0.2, 0) is 38.0 Å². The monoisotopic (exact) mass is 684 g/mol. The summed E-state index contributed by atoms with van der Waals surface area (Å²) in [4.78, 5) is 75.5. The number of alkyl carbamates (subject to hydrolysis) is 2. The fourth-order valence-electron chi connectivity index (χ4n) is 5.49. The molecular formula is C32H52N4O12. The largest absolute Gasteiger partial charge is 0.458 e. The maximum absolute atomic E-state index is 12.5. The van der Waals surface area contributed by atoms with Gasteiger partial charge in [-0.1, -0.05) is 0 Å². The average molecular weight is 685 g/mol. The molecule has 4 fully saturated rings. The van der Waals surface area contributed by atoms with E-state index in [9.17, 15) is 28.8 Å². The number of esters is 2. The van der Waals surface area contributed by atoms with Gasteiger partial charge in [0.2, 0.25) is 0 Å². The highest BCUT2D eigenvalue weighted by atomic mass is 16.6. The Morgan fingerprint density at radius 1 is 0.583 bits per heavy atom. The minimum absolute atomic E-state index is 0.0879. The first-order valence-corrected chi connectivity index (χ1v) is 16.0. The second-order valence-corrected chi connectivity index (χ2v) is 16.6. The Kier molecular flexibility index (Phi) is 10.5. The molecule has 4 aliphatic heterocycles. The third-order valence-electron chi connectivity index (χ3n) is 7.14.